The molecule has 80 valence electrons. The Morgan fingerprint density at radius 2 is 2.33 bits per heavy atom. The molecule has 0 aliphatic carbocycles. The highest BCUT2D eigenvalue weighted by Crippen LogP contribution is 2.26. The van der Waals surface area contributed by atoms with Gasteiger partial charge in [0.1, 0.15) is 11.9 Å². The molecule has 0 bridgehead atoms. The summed E-state index contributed by atoms with van der Waals surface area (Å²) in [5.41, 5.74) is 1.45. The molecular formula is C11H12FNO2. The SMILES string of the molecule is CC1Cc2ccc(F)cc2C(C(=O)O)N1. The summed E-state index contributed by atoms with van der Waals surface area (Å²) in [4.78, 5) is 11.0. The van der Waals surface area contributed by atoms with E-state index in [0.29, 0.717) is 5.56 Å². The van der Waals surface area contributed by atoms with Crippen molar-refractivity contribution in [2.75, 3.05) is 0 Å². The topological polar surface area (TPSA) is 49.3 Å². The van der Waals surface area contributed by atoms with E-state index in [4.69, 9.17) is 5.11 Å². The van der Waals surface area contributed by atoms with Crippen molar-refractivity contribution in [2.45, 2.75) is 25.4 Å². The summed E-state index contributed by atoms with van der Waals surface area (Å²) in [7, 11) is 0. The van der Waals surface area contributed by atoms with Crippen LogP contribution in [0.5, 0.6) is 0 Å². The zero-order valence-corrected chi connectivity index (χ0v) is 8.33. The molecule has 1 heterocycles. The standard InChI is InChI=1S/C11H12FNO2/c1-6-4-7-2-3-8(12)5-9(7)10(13-6)11(14)15/h2-3,5-6,10,13H,4H2,1H3,(H,14,15). The number of halogens is 1. The van der Waals surface area contributed by atoms with Gasteiger partial charge in [-0.25, -0.2) is 4.39 Å². The summed E-state index contributed by atoms with van der Waals surface area (Å²) in [6.07, 6.45) is 0.736. The van der Waals surface area contributed by atoms with Crippen molar-refractivity contribution in [3.05, 3.63) is 35.1 Å². The van der Waals surface area contributed by atoms with Crippen LogP contribution in [0.2, 0.25) is 0 Å². The van der Waals surface area contributed by atoms with Crippen LogP contribution in [0.15, 0.2) is 18.2 Å². The number of carboxylic acid groups (broad SMARTS) is 1. The first-order valence-corrected chi connectivity index (χ1v) is 4.85. The fraction of sp³-hybridized carbons (Fsp3) is 0.364. The van der Waals surface area contributed by atoms with Gasteiger partial charge in [-0.15, -0.1) is 0 Å². The van der Waals surface area contributed by atoms with Crippen molar-refractivity contribution in [1.29, 1.82) is 0 Å². The smallest absolute Gasteiger partial charge is 0.325 e. The average molecular weight is 209 g/mol. The number of hydrogen-bond acceptors (Lipinski definition) is 2. The first-order valence-electron chi connectivity index (χ1n) is 4.85. The number of aliphatic carboxylic acids is 1. The lowest BCUT2D eigenvalue weighted by Crippen LogP contribution is -2.41. The zero-order chi connectivity index (χ0) is 11.0. The Morgan fingerprint density at radius 3 is 3.00 bits per heavy atom. The first-order chi connectivity index (χ1) is 7.08. The maximum Gasteiger partial charge on any atom is 0.325 e. The molecule has 15 heavy (non-hydrogen) atoms. The van der Waals surface area contributed by atoms with E-state index in [1.165, 1.54) is 12.1 Å². The van der Waals surface area contributed by atoms with Gasteiger partial charge in [-0.3, -0.25) is 10.1 Å². The maximum atomic E-state index is 13.0. The highest BCUT2D eigenvalue weighted by molar-refractivity contribution is 5.76. The number of fused-ring (bicyclic) bond motifs is 1. The number of benzene rings is 1. The Hall–Kier alpha value is -1.42. The molecule has 2 unspecified atom stereocenters. The molecule has 1 aliphatic rings. The van der Waals surface area contributed by atoms with Crippen LogP contribution in [0.1, 0.15) is 24.1 Å². The Kier molecular flexibility index (Phi) is 2.44. The zero-order valence-electron chi connectivity index (χ0n) is 8.33. The number of rotatable bonds is 1. The van der Waals surface area contributed by atoms with Crippen molar-refractivity contribution < 1.29 is 14.3 Å². The van der Waals surface area contributed by atoms with E-state index >= 15 is 0 Å². The summed E-state index contributed by atoms with van der Waals surface area (Å²) in [6, 6.07) is 3.64. The van der Waals surface area contributed by atoms with Gasteiger partial charge in [0.2, 0.25) is 0 Å². The van der Waals surface area contributed by atoms with Crippen molar-refractivity contribution in [2.24, 2.45) is 0 Å². The molecule has 3 nitrogen and oxygen atoms in total. The number of nitrogens with one attached hydrogen (secondary N) is 1. The normalized spacial score (nSPS) is 24.7. The minimum atomic E-state index is -0.964. The third kappa shape index (κ3) is 1.85. The number of carboxylic acids is 1. The van der Waals surface area contributed by atoms with Gasteiger partial charge in [0.15, 0.2) is 0 Å². The van der Waals surface area contributed by atoms with E-state index in [1.807, 2.05) is 6.92 Å². The second-order valence-corrected chi connectivity index (χ2v) is 3.89. The Balaban J connectivity index is 2.47. The van der Waals surface area contributed by atoms with Gasteiger partial charge in [0.25, 0.3) is 0 Å². The molecule has 2 rings (SSSR count). The molecule has 2 atom stereocenters. The van der Waals surface area contributed by atoms with Crippen LogP contribution >= 0.6 is 0 Å². The van der Waals surface area contributed by atoms with E-state index in [-0.39, 0.29) is 6.04 Å². The van der Waals surface area contributed by atoms with Crippen LogP contribution < -0.4 is 5.32 Å². The molecule has 0 radical (unpaired) electrons. The molecule has 0 aromatic heterocycles. The molecule has 4 heteroatoms. The second kappa shape index (κ2) is 3.62. The quantitative estimate of drug-likeness (QED) is 0.736. The number of carbonyl (C=O) groups is 1. The third-order valence-corrected chi connectivity index (χ3v) is 2.64. The molecular weight excluding hydrogens is 197 g/mol. The summed E-state index contributed by atoms with van der Waals surface area (Å²) in [5, 5.41) is 11.9. The van der Waals surface area contributed by atoms with Crippen molar-refractivity contribution >= 4 is 5.97 Å². The first kappa shape index (κ1) is 10.1. The van der Waals surface area contributed by atoms with Gasteiger partial charge in [-0.1, -0.05) is 6.07 Å². The van der Waals surface area contributed by atoms with Crippen molar-refractivity contribution in [3.8, 4) is 0 Å². The fourth-order valence-electron chi connectivity index (χ4n) is 1.99. The van der Waals surface area contributed by atoms with E-state index in [2.05, 4.69) is 5.32 Å². The van der Waals surface area contributed by atoms with Gasteiger partial charge >= 0.3 is 5.97 Å². The molecule has 1 aromatic rings. The monoisotopic (exact) mass is 209 g/mol. The molecule has 2 N–H and O–H groups in total. The minimum Gasteiger partial charge on any atom is -0.480 e. The third-order valence-electron chi connectivity index (χ3n) is 2.64. The summed E-state index contributed by atoms with van der Waals surface area (Å²) in [5.74, 6) is -1.36. The molecule has 0 amide bonds. The molecule has 0 fully saturated rings. The van der Waals surface area contributed by atoms with Gasteiger partial charge in [0, 0.05) is 6.04 Å². The summed E-state index contributed by atoms with van der Waals surface area (Å²) < 4.78 is 13.0. The second-order valence-electron chi connectivity index (χ2n) is 3.89. The molecule has 0 saturated carbocycles. The van der Waals surface area contributed by atoms with Crippen LogP contribution in [0.25, 0.3) is 0 Å². The fourth-order valence-corrected chi connectivity index (χ4v) is 1.99. The molecule has 1 aliphatic heterocycles. The Morgan fingerprint density at radius 1 is 1.60 bits per heavy atom. The summed E-state index contributed by atoms with van der Waals surface area (Å²) in [6.45, 7) is 1.92. The van der Waals surface area contributed by atoms with E-state index < -0.39 is 17.8 Å². The van der Waals surface area contributed by atoms with Crippen LogP contribution in [-0.2, 0) is 11.2 Å². The maximum absolute atomic E-state index is 13.0. The van der Waals surface area contributed by atoms with Crippen LogP contribution in [-0.4, -0.2) is 17.1 Å². The highest BCUT2D eigenvalue weighted by atomic mass is 19.1. The van der Waals surface area contributed by atoms with Gasteiger partial charge in [0.05, 0.1) is 0 Å². The van der Waals surface area contributed by atoms with Crippen molar-refractivity contribution in [1.82, 2.24) is 5.32 Å². The Bertz CT molecular complexity index is 406. The lowest BCUT2D eigenvalue weighted by atomic mass is 9.91. The van der Waals surface area contributed by atoms with E-state index in [0.717, 1.165) is 12.0 Å². The highest BCUT2D eigenvalue weighted by Gasteiger charge is 2.29. The lowest BCUT2D eigenvalue weighted by molar-refractivity contribution is -0.140. The largest absolute Gasteiger partial charge is 0.480 e. The predicted octanol–water partition coefficient (Wildman–Crippen LogP) is 1.49. The number of hydrogen-bond donors (Lipinski definition) is 2. The van der Waals surface area contributed by atoms with Crippen LogP contribution in [0.3, 0.4) is 0 Å². The van der Waals surface area contributed by atoms with Crippen LogP contribution in [0.4, 0.5) is 4.39 Å². The molecule has 0 spiro atoms. The molecule has 1 aromatic carbocycles. The van der Waals surface area contributed by atoms with Crippen LogP contribution in [0, 0.1) is 5.82 Å². The van der Waals surface area contributed by atoms with Gasteiger partial charge < -0.3 is 5.11 Å². The van der Waals surface area contributed by atoms with Gasteiger partial charge in [-0.2, -0.15) is 0 Å². The average Bonchev–Trinajstić information content (AvgIpc) is 2.17. The van der Waals surface area contributed by atoms with Crippen molar-refractivity contribution in [3.63, 3.8) is 0 Å². The lowest BCUT2D eigenvalue weighted by Gasteiger charge is -2.28. The minimum absolute atomic E-state index is 0.101. The van der Waals surface area contributed by atoms with Gasteiger partial charge in [-0.05, 0) is 36.6 Å². The Labute approximate surface area is 86.9 Å². The summed E-state index contributed by atoms with van der Waals surface area (Å²) >= 11 is 0. The predicted molar refractivity (Wildman–Crippen MR) is 53.1 cm³/mol. The molecule has 0 saturated heterocycles. The van der Waals surface area contributed by atoms with E-state index in [9.17, 15) is 9.18 Å². The van der Waals surface area contributed by atoms with E-state index in [1.54, 1.807) is 6.07 Å².